The Morgan fingerprint density at radius 1 is 1.50 bits per heavy atom. The molecule has 0 atom stereocenters. The predicted molar refractivity (Wildman–Crippen MR) is 60.3 cm³/mol. The maximum Gasteiger partial charge on any atom is 0.147 e. The van der Waals surface area contributed by atoms with Crippen molar-refractivity contribution >= 4 is 21.6 Å². The van der Waals surface area contributed by atoms with Gasteiger partial charge in [0, 0.05) is 11.2 Å². The van der Waals surface area contributed by atoms with Crippen LogP contribution < -0.4 is 0 Å². The maximum absolute atomic E-state index is 10.8. The fourth-order valence-corrected chi connectivity index (χ4v) is 2.68. The van der Waals surface area contributed by atoms with Crippen molar-refractivity contribution in [2.24, 2.45) is 0 Å². The second-order valence-electron chi connectivity index (χ2n) is 3.07. The third kappa shape index (κ3) is 5.29. The average molecular weight is 229 g/mol. The molecule has 0 spiro atoms. The van der Waals surface area contributed by atoms with Crippen molar-refractivity contribution in [3.05, 3.63) is 30.3 Å². The van der Waals surface area contributed by atoms with E-state index >= 15 is 0 Å². The van der Waals surface area contributed by atoms with Gasteiger partial charge in [0.05, 0.1) is 5.75 Å². The molecule has 0 bridgehead atoms. The van der Waals surface area contributed by atoms with Gasteiger partial charge in [-0.1, -0.05) is 12.1 Å². The standard InChI is InChI=1S/C10H13O2S2/c1-14(11,12)9-5-8-13-10-6-3-2-4-7-10/h2-3,6-7H,5,8-9H2,1H3. The van der Waals surface area contributed by atoms with E-state index in [4.69, 9.17) is 0 Å². The molecule has 0 aromatic heterocycles. The number of sulfone groups is 1. The summed E-state index contributed by atoms with van der Waals surface area (Å²) in [6.45, 7) is 0. The molecule has 0 heterocycles. The molecule has 77 valence electrons. The highest BCUT2D eigenvalue weighted by atomic mass is 32.2. The fourth-order valence-electron chi connectivity index (χ4n) is 0.978. The zero-order valence-electron chi connectivity index (χ0n) is 8.06. The molecule has 1 radical (unpaired) electrons. The molecule has 0 saturated heterocycles. The molecule has 1 rings (SSSR count). The van der Waals surface area contributed by atoms with E-state index in [1.807, 2.05) is 24.3 Å². The van der Waals surface area contributed by atoms with Gasteiger partial charge in [-0.15, -0.1) is 11.8 Å². The minimum Gasteiger partial charge on any atom is -0.229 e. The van der Waals surface area contributed by atoms with Gasteiger partial charge in [0.2, 0.25) is 0 Å². The van der Waals surface area contributed by atoms with Crippen LogP contribution in [-0.2, 0) is 9.84 Å². The molecule has 4 heteroatoms. The lowest BCUT2D eigenvalue weighted by molar-refractivity contribution is 0.600. The normalized spacial score (nSPS) is 11.5. The molecule has 0 fully saturated rings. The lowest BCUT2D eigenvalue weighted by atomic mass is 10.4. The molecular formula is C10H13O2S2. The molecule has 1 aromatic carbocycles. The zero-order chi connectivity index (χ0) is 10.4. The van der Waals surface area contributed by atoms with E-state index in [1.165, 1.54) is 6.26 Å². The first-order valence-corrected chi connectivity index (χ1v) is 7.39. The summed E-state index contributed by atoms with van der Waals surface area (Å²) in [5.41, 5.74) is 0. The molecule has 0 saturated carbocycles. The Balaban J connectivity index is 2.23. The van der Waals surface area contributed by atoms with Gasteiger partial charge >= 0.3 is 0 Å². The average Bonchev–Trinajstić information content (AvgIpc) is 2.13. The number of thioether (sulfide) groups is 1. The minimum absolute atomic E-state index is 0.274. The Morgan fingerprint density at radius 2 is 2.29 bits per heavy atom. The SMILES string of the molecule is CS(=O)(=O)CCCSc1c[c]ccc1. The smallest absolute Gasteiger partial charge is 0.147 e. The van der Waals surface area contributed by atoms with Crippen molar-refractivity contribution in [1.82, 2.24) is 0 Å². The van der Waals surface area contributed by atoms with Gasteiger partial charge in [0.1, 0.15) is 9.84 Å². The van der Waals surface area contributed by atoms with Gasteiger partial charge < -0.3 is 0 Å². The van der Waals surface area contributed by atoms with Crippen molar-refractivity contribution in [2.45, 2.75) is 11.3 Å². The monoisotopic (exact) mass is 229 g/mol. The molecule has 0 amide bonds. The molecule has 0 aliphatic carbocycles. The quantitative estimate of drug-likeness (QED) is 0.572. The molecule has 14 heavy (non-hydrogen) atoms. The van der Waals surface area contributed by atoms with Crippen LogP contribution in [0.15, 0.2) is 29.2 Å². The molecule has 0 aliphatic heterocycles. The minimum atomic E-state index is -2.80. The Labute approximate surface area is 89.6 Å². The van der Waals surface area contributed by atoms with Crippen LogP contribution in [0.1, 0.15) is 6.42 Å². The Bertz CT molecular complexity index is 357. The topological polar surface area (TPSA) is 34.1 Å². The maximum atomic E-state index is 10.8. The summed E-state index contributed by atoms with van der Waals surface area (Å²) < 4.78 is 21.7. The largest absolute Gasteiger partial charge is 0.229 e. The van der Waals surface area contributed by atoms with Gasteiger partial charge in [-0.05, 0) is 30.4 Å². The van der Waals surface area contributed by atoms with Crippen LogP contribution in [0.25, 0.3) is 0 Å². The van der Waals surface area contributed by atoms with Gasteiger partial charge in [-0.25, -0.2) is 8.42 Å². The second-order valence-corrected chi connectivity index (χ2v) is 6.50. The predicted octanol–water partition coefficient (Wildman–Crippen LogP) is 2.01. The highest BCUT2D eigenvalue weighted by Crippen LogP contribution is 2.17. The molecular weight excluding hydrogens is 216 g/mol. The van der Waals surface area contributed by atoms with Crippen LogP contribution in [0.5, 0.6) is 0 Å². The number of hydrogen-bond donors (Lipinski definition) is 0. The Kier molecular flexibility index (Phi) is 4.48. The van der Waals surface area contributed by atoms with Gasteiger partial charge in [-0.3, -0.25) is 0 Å². The van der Waals surface area contributed by atoms with Crippen molar-refractivity contribution in [2.75, 3.05) is 17.8 Å². The van der Waals surface area contributed by atoms with Crippen LogP contribution in [0.3, 0.4) is 0 Å². The summed E-state index contributed by atoms with van der Waals surface area (Å²) in [5.74, 6) is 1.11. The van der Waals surface area contributed by atoms with Crippen LogP contribution in [0, 0.1) is 6.07 Å². The van der Waals surface area contributed by atoms with E-state index in [0.29, 0.717) is 6.42 Å². The summed E-state index contributed by atoms with van der Waals surface area (Å²) >= 11 is 1.67. The first-order valence-electron chi connectivity index (χ1n) is 4.34. The Morgan fingerprint density at radius 3 is 2.86 bits per heavy atom. The first-order chi connectivity index (χ1) is 6.58. The van der Waals surface area contributed by atoms with E-state index in [1.54, 1.807) is 11.8 Å². The van der Waals surface area contributed by atoms with Gasteiger partial charge in [0.15, 0.2) is 0 Å². The lowest BCUT2D eigenvalue weighted by Gasteiger charge is -2.00. The lowest BCUT2D eigenvalue weighted by Crippen LogP contribution is -2.03. The van der Waals surface area contributed by atoms with E-state index < -0.39 is 9.84 Å². The van der Waals surface area contributed by atoms with E-state index in [9.17, 15) is 8.42 Å². The van der Waals surface area contributed by atoms with Crippen molar-refractivity contribution < 1.29 is 8.42 Å². The third-order valence-corrected chi connectivity index (χ3v) is 3.72. The first kappa shape index (κ1) is 11.6. The summed E-state index contributed by atoms with van der Waals surface area (Å²) in [7, 11) is -2.80. The van der Waals surface area contributed by atoms with Crippen molar-refractivity contribution in [3.8, 4) is 0 Å². The number of benzene rings is 1. The summed E-state index contributed by atoms with van der Waals surface area (Å²) in [5, 5.41) is 0. The number of rotatable bonds is 5. The highest BCUT2D eigenvalue weighted by molar-refractivity contribution is 7.99. The summed E-state index contributed by atoms with van der Waals surface area (Å²) in [6, 6.07) is 10.7. The van der Waals surface area contributed by atoms with Crippen LogP contribution in [-0.4, -0.2) is 26.2 Å². The molecule has 0 aliphatic rings. The number of hydrogen-bond acceptors (Lipinski definition) is 3. The van der Waals surface area contributed by atoms with E-state index in [2.05, 4.69) is 6.07 Å². The van der Waals surface area contributed by atoms with E-state index in [0.717, 1.165) is 10.6 Å². The van der Waals surface area contributed by atoms with E-state index in [-0.39, 0.29) is 5.75 Å². The Hall–Kier alpha value is -0.480. The summed E-state index contributed by atoms with van der Waals surface area (Å²) in [4.78, 5) is 1.14. The van der Waals surface area contributed by atoms with Crippen LogP contribution >= 0.6 is 11.8 Å². The molecule has 0 unspecified atom stereocenters. The third-order valence-electron chi connectivity index (χ3n) is 1.61. The van der Waals surface area contributed by atoms with Crippen molar-refractivity contribution in [3.63, 3.8) is 0 Å². The van der Waals surface area contributed by atoms with Gasteiger partial charge in [-0.2, -0.15) is 0 Å². The van der Waals surface area contributed by atoms with Crippen molar-refractivity contribution in [1.29, 1.82) is 0 Å². The fraction of sp³-hybridized carbons (Fsp3) is 0.400. The molecule has 1 aromatic rings. The summed E-state index contributed by atoms with van der Waals surface area (Å²) in [6.07, 6.45) is 1.98. The van der Waals surface area contributed by atoms with Gasteiger partial charge in [0.25, 0.3) is 0 Å². The van der Waals surface area contributed by atoms with Crippen LogP contribution in [0.2, 0.25) is 0 Å². The molecule has 0 N–H and O–H groups in total. The zero-order valence-corrected chi connectivity index (χ0v) is 9.70. The van der Waals surface area contributed by atoms with Crippen LogP contribution in [0.4, 0.5) is 0 Å². The molecule has 2 nitrogen and oxygen atoms in total. The highest BCUT2D eigenvalue weighted by Gasteiger charge is 2.01. The second kappa shape index (κ2) is 5.41.